The van der Waals surface area contributed by atoms with Crippen LogP contribution in [0.25, 0.3) is 0 Å². The van der Waals surface area contributed by atoms with Gasteiger partial charge in [0, 0.05) is 13.0 Å². The fourth-order valence-corrected chi connectivity index (χ4v) is 2.94. The molecule has 3 rings (SSSR count). The fraction of sp³-hybridized carbons (Fsp3) is 0.176. The van der Waals surface area contributed by atoms with Crippen molar-refractivity contribution in [3.05, 3.63) is 76.3 Å². The molecule has 4 nitrogen and oxygen atoms in total. The molecule has 0 spiro atoms. The van der Waals surface area contributed by atoms with Crippen LogP contribution in [0.3, 0.4) is 0 Å². The molecule has 124 valence electrons. The van der Waals surface area contributed by atoms with E-state index in [1.807, 2.05) is 0 Å². The zero-order valence-corrected chi connectivity index (χ0v) is 13.4. The Bertz CT molecular complexity index is 790. The Kier molecular flexibility index (Phi) is 5.12. The molecule has 1 atom stereocenters. The van der Waals surface area contributed by atoms with Gasteiger partial charge in [-0.2, -0.15) is 0 Å². The molecule has 0 bridgehead atoms. The van der Waals surface area contributed by atoms with Gasteiger partial charge in [0.15, 0.2) is 0 Å². The first kappa shape index (κ1) is 16.5. The maximum atomic E-state index is 12.9. The number of hydrogen-bond acceptors (Lipinski definition) is 5. The van der Waals surface area contributed by atoms with Crippen LogP contribution in [0.5, 0.6) is 0 Å². The van der Waals surface area contributed by atoms with E-state index in [9.17, 15) is 13.9 Å². The van der Waals surface area contributed by atoms with Crippen molar-refractivity contribution in [2.45, 2.75) is 12.5 Å². The highest BCUT2D eigenvalue weighted by Gasteiger charge is 2.10. The maximum Gasteiger partial charge on any atom is 0.205 e. The Labute approximate surface area is 141 Å². The Morgan fingerprint density at radius 2 is 1.58 bits per heavy atom. The summed E-state index contributed by atoms with van der Waals surface area (Å²) >= 11 is 1.37. The number of nitrogens with zero attached hydrogens (tertiary/aromatic N) is 2. The molecule has 3 aromatic rings. The van der Waals surface area contributed by atoms with E-state index in [1.165, 1.54) is 35.6 Å². The molecule has 0 aliphatic rings. The molecule has 0 radical (unpaired) electrons. The highest BCUT2D eigenvalue weighted by molar-refractivity contribution is 7.15. The lowest BCUT2D eigenvalue weighted by molar-refractivity contribution is 0.191. The van der Waals surface area contributed by atoms with Crippen molar-refractivity contribution in [1.29, 1.82) is 0 Å². The van der Waals surface area contributed by atoms with Crippen LogP contribution in [0.2, 0.25) is 0 Å². The number of aliphatic hydroxyl groups is 1. The normalized spacial score (nSPS) is 12.1. The summed E-state index contributed by atoms with van der Waals surface area (Å²) in [5.74, 6) is -0.610. The predicted octanol–water partition coefficient (Wildman–Crippen LogP) is 3.55. The molecule has 1 unspecified atom stereocenters. The Hall–Kier alpha value is -2.38. The van der Waals surface area contributed by atoms with Crippen molar-refractivity contribution >= 4 is 16.5 Å². The van der Waals surface area contributed by atoms with E-state index in [4.69, 9.17) is 0 Å². The minimum Gasteiger partial charge on any atom is -0.387 e. The minimum atomic E-state index is -0.768. The minimum absolute atomic E-state index is 0.247. The summed E-state index contributed by atoms with van der Waals surface area (Å²) < 4.78 is 25.8. The molecule has 1 aromatic heterocycles. The lowest BCUT2D eigenvalue weighted by atomic mass is 10.1. The summed E-state index contributed by atoms with van der Waals surface area (Å²) in [5, 5.41) is 22.6. The molecule has 0 aliphatic carbocycles. The van der Waals surface area contributed by atoms with Crippen LogP contribution in [-0.2, 0) is 6.42 Å². The number of hydrogen-bond donors (Lipinski definition) is 2. The Morgan fingerprint density at radius 3 is 2.25 bits per heavy atom. The van der Waals surface area contributed by atoms with Gasteiger partial charge in [0.05, 0.1) is 6.10 Å². The summed E-state index contributed by atoms with van der Waals surface area (Å²) in [6.07, 6.45) is -0.199. The maximum absolute atomic E-state index is 12.9. The van der Waals surface area contributed by atoms with Gasteiger partial charge >= 0.3 is 0 Å². The summed E-state index contributed by atoms with van der Waals surface area (Å²) in [6.45, 7) is 0.247. The molecule has 0 saturated carbocycles. The van der Waals surface area contributed by atoms with E-state index in [2.05, 4.69) is 15.5 Å². The third-order valence-electron chi connectivity index (χ3n) is 3.44. The van der Waals surface area contributed by atoms with E-state index in [0.29, 0.717) is 17.1 Å². The second-order valence-corrected chi connectivity index (χ2v) is 6.31. The second-order valence-electron chi connectivity index (χ2n) is 5.25. The molecule has 0 amide bonds. The first-order valence-electron chi connectivity index (χ1n) is 7.34. The first-order chi connectivity index (χ1) is 11.6. The quantitative estimate of drug-likeness (QED) is 0.716. The topological polar surface area (TPSA) is 58.0 Å². The highest BCUT2D eigenvalue weighted by atomic mass is 32.1. The summed E-state index contributed by atoms with van der Waals surface area (Å²) in [5.41, 5.74) is 1.57. The van der Waals surface area contributed by atoms with E-state index >= 15 is 0 Å². The number of aliphatic hydroxyl groups excluding tert-OH is 1. The summed E-state index contributed by atoms with van der Waals surface area (Å²) in [7, 11) is 0. The molecular weight excluding hydrogens is 332 g/mol. The first-order valence-corrected chi connectivity index (χ1v) is 8.16. The number of halogens is 2. The molecule has 1 heterocycles. The molecule has 2 N–H and O–H groups in total. The van der Waals surface area contributed by atoms with E-state index < -0.39 is 6.10 Å². The molecule has 0 saturated heterocycles. The van der Waals surface area contributed by atoms with Gasteiger partial charge in [0.25, 0.3) is 0 Å². The average molecular weight is 347 g/mol. The number of aromatic nitrogens is 2. The summed E-state index contributed by atoms with van der Waals surface area (Å²) in [6, 6.07) is 11.9. The van der Waals surface area contributed by atoms with E-state index in [1.54, 1.807) is 24.3 Å². The van der Waals surface area contributed by atoms with Crippen molar-refractivity contribution in [1.82, 2.24) is 10.2 Å². The molecule has 24 heavy (non-hydrogen) atoms. The van der Waals surface area contributed by atoms with E-state index in [0.717, 1.165) is 10.6 Å². The largest absolute Gasteiger partial charge is 0.387 e. The zero-order chi connectivity index (χ0) is 16.9. The Balaban J connectivity index is 1.55. The molecule has 2 aromatic carbocycles. The predicted molar refractivity (Wildman–Crippen MR) is 89.0 cm³/mol. The smallest absolute Gasteiger partial charge is 0.205 e. The van der Waals surface area contributed by atoms with Crippen LogP contribution in [0.1, 0.15) is 22.2 Å². The number of nitrogens with one attached hydrogen (secondary N) is 1. The van der Waals surface area contributed by atoms with Gasteiger partial charge in [-0.25, -0.2) is 8.78 Å². The summed E-state index contributed by atoms with van der Waals surface area (Å²) in [4.78, 5) is 0. The molecule has 0 aliphatic heterocycles. The van der Waals surface area contributed by atoms with Gasteiger partial charge < -0.3 is 10.4 Å². The SMILES string of the molecule is OC(CNc1nnc(Cc2ccc(F)cc2)s1)c1ccc(F)cc1. The average Bonchev–Trinajstić information content (AvgIpc) is 3.03. The van der Waals surface area contributed by atoms with Crippen molar-refractivity contribution in [2.75, 3.05) is 11.9 Å². The second kappa shape index (κ2) is 7.46. The van der Waals surface area contributed by atoms with Gasteiger partial charge in [-0.3, -0.25) is 0 Å². The molecular formula is C17H15F2N3OS. The lowest BCUT2D eigenvalue weighted by Crippen LogP contribution is -2.11. The third kappa shape index (κ3) is 4.33. The highest BCUT2D eigenvalue weighted by Crippen LogP contribution is 2.20. The monoisotopic (exact) mass is 347 g/mol. The van der Waals surface area contributed by atoms with Gasteiger partial charge in [-0.05, 0) is 35.4 Å². The lowest BCUT2D eigenvalue weighted by Gasteiger charge is -2.11. The van der Waals surface area contributed by atoms with Crippen molar-refractivity contribution in [3.63, 3.8) is 0 Å². The van der Waals surface area contributed by atoms with Crippen LogP contribution in [0.15, 0.2) is 48.5 Å². The number of anilines is 1. The van der Waals surface area contributed by atoms with Crippen LogP contribution in [0.4, 0.5) is 13.9 Å². The number of benzene rings is 2. The molecule has 0 fully saturated rings. The Morgan fingerprint density at radius 1 is 0.958 bits per heavy atom. The van der Waals surface area contributed by atoms with Crippen LogP contribution < -0.4 is 5.32 Å². The van der Waals surface area contributed by atoms with Gasteiger partial charge in [-0.1, -0.05) is 35.6 Å². The zero-order valence-electron chi connectivity index (χ0n) is 12.6. The molecule has 7 heteroatoms. The number of rotatable bonds is 6. The third-order valence-corrected chi connectivity index (χ3v) is 4.32. The van der Waals surface area contributed by atoms with E-state index in [-0.39, 0.29) is 18.2 Å². The fourth-order valence-electron chi connectivity index (χ4n) is 2.16. The van der Waals surface area contributed by atoms with Crippen LogP contribution in [0, 0.1) is 11.6 Å². The van der Waals surface area contributed by atoms with Crippen LogP contribution in [-0.4, -0.2) is 21.8 Å². The van der Waals surface area contributed by atoms with Crippen molar-refractivity contribution in [2.24, 2.45) is 0 Å². The van der Waals surface area contributed by atoms with Crippen LogP contribution >= 0.6 is 11.3 Å². The van der Waals surface area contributed by atoms with Gasteiger partial charge in [-0.15, -0.1) is 10.2 Å². The standard InChI is InChI=1S/C17H15F2N3OS/c18-13-5-1-11(2-6-13)9-16-21-22-17(24-16)20-10-15(23)12-3-7-14(19)8-4-12/h1-8,15,23H,9-10H2,(H,20,22). The van der Waals surface area contributed by atoms with Gasteiger partial charge in [0.2, 0.25) is 5.13 Å². The van der Waals surface area contributed by atoms with Crippen molar-refractivity contribution < 1.29 is 13.9 Å². The van der Waals surface area contributed by atoms with Crippen molar-refractivity contribution in [3.8, 4) is 0 Å². The van der Waals surface area contributed by atoms with Gasteiger partial charge in [0.1, 0.15) is 16.6 Å².